The molecule has 0 amide bonds. The van der Waals surface area contributed by atoms with Gasteiger partial charge < -0.3 is 11.5 Å². The Kier molecular flexibility index (Phi) is 8.59. The highest BCUT2D eigenvalue weighted by atomic mass is 19.4. The molecule has 0 unspecified atom stereocenters. The van der Waals surface area contributed by atoms with Crippen molar-refractivity contribution in [3.8, 4) is 0 Å². The van der Waals surface area contributed by atoms with Crippen LogP contribution in [0.15, 0.2) is 84.9 Å². The zero-order valence-electron chi connectivity index (χ0n) is 22.7. The highest BCUT2D eigenvalue weighted by molar-refractivity contribution is 5.50. The maximum Gasteiger partial charge on any atom is 0.416 e. The number of benzene rings is 4. The largest absolute Gasteiger partial charge is 0.416 e. The van der Waals surface area contributed by atoms with Gasteiger partial charge >= 0.3 is 24.7 Å². The first-order valence-corrected chi connectivity index (χ1v) is 12.9. The molecule has 0 spiro atoms. The van der Waals surface area contributed by atoms with Crippen molar-refractivity contribution in [3.05, 3.63) is 129 Å². The van der Waals surface area contributed by atoms with Crippen molar-refractivity contribution in [1.82, 2.24) is 0 Å². The van der Waals surface area contributed by atoms with Gasteiger partial charge in [-0.2, -0.15) is 52.7 Å². The summed E-state index contributed by atoms with van der Waals surface area (Å²) >= 11 is 0. The Morgan fingerprint density at radius 1 is 0.422 bits per heavy atom. The number of alkyl halides is 12. The van der Waals surface area contributed by atoms with Crippen molar-refractivity contribution in [2.24, 2.45) is 0 Å². The van der Waals surface area contributed by atoms with E-state index in [1.807, 2.05) is 0 Å². The van der Waals surface area contributed by atoms with Crippen LogP contribution in [-0.2, 0) is 30.6 Å². The number of halogens is 12. The highest BCUT2D eigenvalue weighted by Gasteiger charge is 2.72. The van der Waals surface area contributed by atoms with Gasteiger partial charge in [0, 0.05) is 11.4 Å². The first-order valence-electron chi connectivity index (χ1n) is 12.9. The fourth-order valence-electron chi connectivity index (χ4n) is 5.19. The first-order chi connectivity index (χ1) is 20.6. The van der Waals surface area contributed by atoms with Crippen LogP contribution in [0.1, 0.15) is 44.5 Å². The van der Waals surface area contributed by atoms with Crippen molar-refractivity contribution >= 4 is 11.4 Å². The van der Waals surface area contributed by atoms with E-state index < -0.39 is 65.2 Å². The van der Waals surface area contributed by atoms with E-state index in [2.05, 4.69) is 0 Å². The minimum absolute atomic E-state index is 0.00779. The van der Waals surface area contributed by atoms with E-state index in [-0.39, 0.29) is 33.6 Å². The summed E-state index contributed by atoms with van der Waals surface area (Å²) in [5.41, 5.74) is 0.573. The summed E-state index contributed by atoms with van der Waals surface area (Å²) < 4.78 is 168. The van der Waals surface area contributed by atoms with E-state index in [1.54, 1.807) is 0 Å². The summed E-state index contributed by atoms with van der Waals surface area (Å²) in [5, 5.41) is 0. The van der Waals surface area contributed by atoms with Crippen molar-refractivity contribution in [2.45, 2.75) is 43.0 Å². The van der Waals surface area contributed by atoms with Gasteiger partial charge in [0.25, 0.3) is 0 Å². The van der Waals surface area contributed by atoms with E-state index in [4.69, 9.17) is 11.5 Å². The van der Waals surface area contributed by atoms with Crippen LogP contribution in [0.2, 0.25) is 0 Å². The molecule has 0 aliphatic rings. The molecule has 4 aromatic carbocycles. The monoisotopic (exact) mass is 650 g/mol. The molecule has 240 valence electrons. The average molecular weight is 651 g/mol. The fourth-order valence-corrected chi connectivity index (χ4v) is 5.19. The zero-order chi connectivity index (χ0) is 33.6. The van der Waals surface area contributed by atoms with E-state index in [9.17, 15) is 52.7 Å². The highest BCUT2D eigenvalue weighted by Crippen LogP contribution is 2.56. The summed E-state index contributed by atoms with van der Waals surface area (Å²) in [6.45, 7) is 0. The molecule has 0 bridgehead atoms. The Morgan fingerprint density at radius 3 is 1.00 bits per heavy atom. The van der Waals surface area contributed by atoms with Gasteiger partial charge in [-0.1, -0.05) is 60.7 Å². The normalized spacial score (nSPS) is 13.2. The van der Waals surface area contributed by atoms with Gasteiger partial charge in [-0.25, -0.2) is 0 Å². The lowest BCUT2D eigenvalue weighted by Gasteiger charge is -2.38. The summed E-state index contributed by atoms with van der Waals surface area (Å²) in [6, 6.07) is 11.4. The third-order valence-electron chi connectivity index (χ3n) is 7.29. The van der Waals surface area contributed by atoms with Gasteiger partial charge in [0.05, 0.1) is 11.1 Å². The van der Waals surface area contributed by atoms with Crippen molar-refractivity contribution in [3.63, 3.8) is 0 Å². The Bertz CT molecular complexity index is 1520. The third kappa shape index (κ3) is 6.69. The smallest absolute Gasteiger partial charge is 0.399 e. The molecule has 0 aliphatic heterocycles. The van der Waals surface area contributed by atoms with Gasteiger partial charge in [-0.05, 0) is 70.5 Å². The molecule has 4 N–H and O–H groups in total. The fraction of sp³-hybridized carbons (Fsp3) is 0.226. The second kappa shape index (κ2) is 11.5. The maximum absolute atomic E-state index is 14.6. The van der Waals surface area contributed by atoms with Gasteiger partial charge in [0.1, 0.15) is 0 Å². The number of hydrogen-bond donors (Lipinski definition) is 2. The number of nitrogen functional groups attached to an aromatic ring is 2. The van der Waals surface area contributed by atoms with Crippen molar-refractivity contribution in [1.29, 1.82) is 0 Å². The molecule has 14 heteroatoms. The van der Waals surface area contributed by atoms with Crippen LogP contribution in [0, 0.1) is 0 Å². The zero-order valence-corrected chi connectivity index (χ0v) is 22.7. The van der Waals surface area contributed by atoms with Crippen molar-refractivity contribution < 1.29 is 52.7 Å². The maximum atomic E-state index is 14.6. The van der Waals surface area contributed by atoms with Gasteiger partial charge in [-0.15, -0.1) is 0 Å². The van der Waals surface area contributed by atoms with E-state index in [0.717, 1.165) is 36.4 Å². The van der Waals surface area contributed by atoms with E-state index in [1.165, 1.54) is 12.1 Å². The Hall–Kier alpha value is -4.36. The molecule has 2 nitrogen and oxygen atoms in total. The standard InChI is InChI=1S/C31H22F12N2/c32-28(33,34)25-15-23(44)11-5-19(25)13-17-1-7-21(8-2-17)27(30(38,39)40,31(41,42)43)22-9-3-18(4-10-22)14-20-6-12-24(45)16-26(20)29(35,36)37/h1-12,15-16H,13-14,44-45H2. The molecule has 45 heavy (non-hydrogen) atoms. The second-order valence-corrected chi connectivity index (χ2v) is 10.3. The molecule has 0 atom stereocenters. The summed E-state index contributed by atoms with van der Waals surface area (Å²) in [5.74, 6) is 0. The summed E-state index contributed by atoms with van der Waals surface area (Å²) in [7, 11) is 0. The molecule has 4 aromatic rings. The van der Waals surface area contributed by atoms with Gasteiger partial charge in [0.2, 0.25) is 5.41 Å². The molecule has 0 aromatic heterocycles. The Labute approximate surface area is 248 Å². The molecule has 0 fully saturated rings. The van der Waals surface area contributed by atoms with Crippen molar-refractivity contribution in [2.75, 3.05) is 11.5 Å². The topological polar surface area (TPSA) is 52.0 Å². The number of nitrogens with two attached hydrogens (primary N) is 2. The lowest BCUT2D eigenvalue weighted by molar-refractivity contribution is -0.288. The van der Waals surface area contributed by atoms with Gasteiger partial charge in [0.15, 0.2) is 0 Å². The second-order valence-electron chi connectivity index (χ2n) is 10.3. The minimum Gasteiger partial charge on any atom is -0.399 e. The SMILES string of the molecule is Nc1ccc(Cc2ccc(C(c3ccc(Cc4ccc(N)cc4C(F)(F)F)cc3)(C(F)(F)F)C(F)(F)F)cc2)c(C(F)(F)F)c1. The minimum atomic E-state index is -5.96. The average Bonchev–Trinajstić information content (AvgIpc) is 2.90. The summed E-state index contributed by atoms with van der Waals surface area (Å²) in [6.07, 6.45) is -22.5. The Morgan fingerprint density at radius 2 is 0.733 bits per heavy atom. The lowest BCUT2D eigenvalue weighted by atomic mass is 9.72. The van der Waals surface area contributed by atoms with Gasteiger partial charge in [-0.3, -0.25) is 0 Å². The molecule has 0 saturated heterocycles. The number of hydrogen-bond acceptors (Lipinski definition) is 2. The van der Waals surface area contributed by atoms with E-state index in [0.29, 0.717) is 36.4 Å². The van der Waals surface area contributed by atoms with Crippen LogP contribution >= 0.6 is 0 Å². The molecule has 0 radical (unpaired) electrons. The Balaban J connectivity index is 1.75. The van der Waals surface area contributed by atoms with Crippen LogP contribution in [0.4, 0.5) is 64.1 Å². The molecule has 0 saturated carbocycles. The molecule has 4 rings (SSSR count). The number of anilines is 2. The van der Waals surface area contributed by atoms with E-state index >= 15 is 0 Å². The molecule has 0 aliphatic carbocycles. The first kappa shape index (κ1) is 33.5. The third-order valence-corrected chi connectivity index (χ3v) is 7.29. The molecular formula is C31H22F12N2. The predicted molar refractivity (Wildman–Crippen MR) is 143 cm³/mol. The quantitative estimate of drug-likeness (QED) is 0.161. The van der Waals surface area contributed by atoms with Crippen LogP contribution < -0.4 is 11.5 Å². The predicted octanol–water partition coefficient (Wildman–Crippen LogP) is 9.48. The van der Waals surface area contributed by atoms with Crippen LogP contribution in [0.25, 0.3) is 0 Å². The number of rotatable bonds is 6. The molecular weight excluding hydrogens is 628 g/mol. The lowest BCUT2D eigenvalue weighted by Crippen LogP contribution is -2.54. The summed E-state index contributed by atoms with van der Waals surface area (Å²) in [4.78, 5) is 0. The van der Waals surface area contributed by atoms with Crippen LogP contribution in [-0.4, -0.2) is 12.4 Å². The van der Waals surface area contributed by atoms with Crippen LogP contribution in [0.5, 0.6) is 0 Å². The van der Waals surface area contributed by atoms with Crippen LogP contribution in [0.3, 0.4) is 0 Å². The molecule has 0 heterocycles.